The highest BCUT2D eigenvalue weighted by molar-refractivity contribution is 5.99. The number of amides is 4. The van der Waals surface area contributed by atoms with Crippen molar-refractivity contribution in [1.82, 2.24) is 20.9 Å². The lowest BCUT2D eigenvalue weighted by molar-refractivity contribution is -0.171. The number of alkyl halides is 3. The zero-order chi connectivity index (χ0) is 28.8. The Morgan fingerprint density at radius 2 is 1.67 bits per heavy atom. The number of nitrogens with one attached hydrogen (secondary N) is 3. The Hall–Kier alpha value is -3.44. The molecule has 9 nitrogen and oxygen atoms in total. The molecule has 0 radical (unpaired) electrons. The van der Waals surface area contributed by atoms with E-state index in [1.807, 2.05) is 30.3 Å². The molecule has 4 amide bonds. The summed E-state index contributed by atoms with van der Waals surface area (Å²) in [7, 11) is 0. The number of nitrogens with zero attached hydrogens (tertiary/aromatic N) is 1. The minimum Gasteiger partial charge on any atom is -0.343 e. The summed E-state index contributed by atoms with van der Waals surface area (Å²) in [4.78, 5) is 65.8. The summed E-state index contributed by atoms with van der Waals surface area (Å²) in [6, 6.07) is 6.31. The SMILES string of the molecule is CC1(C)NC(=O)[C@H](CCCCCC(=O)C(F)(F)F)NC(=O)[C@H]2CCCN2C(=O)[C@H](Cc2ccccc2)NC1=O. The van der Waals surface area contributed by atoms with Crippen LogP contribution in [0.1, 0.15) is 64.4 Å². The van der Waals surface area contributed by atoms with Crippen molar-refractivity contribution in [1.29, 1.82) is 0 Å². The standard InChI is InChI=1S/C27H35F3N4O5/c1-26(2)25(39)32-19(16-17-10-5-3-6-11-17)24(38)34-15-9-13-20(34)23(37)31-18(22(36)33-26)12-7-4-8-14-21(35)27(28,29)30/h3,5-6,10-11,18-20H,4,7-9,12-16H2,1-2H3,(H,31,37)(H,32,39)(H,33,36)/t18-,19-,20+/m0/s1. The molecule has 39 heavy (non-hydrogen) atoms. The van der Waals surface area contributed by atoms with Crippen LogP contribution in [-0.2, 0) is 30.4 Å². The van der Waals surface area contributed by atoms with Gasteiger partial charge in [-0.2, -0.15) is 13.2 Å². The predicted molar refractivity (Wildman–Crippen MR) is 135 cm³/mol. The van der Waals surface area contributed by atoms with Crippen molar-refractivity contribution < 1.29 is 37.1 Å². The third-order valence-electron chi connectivity index (χ3n) is 7.07. The Morgan fingerprint density at radius 3 is 2.33 bits per heavy atom. The molecule has 0 aliphatic carbocycles. The number of carbonyl (C=O) groups is 5. The third kappa shape index (κ3) is 8.03. The Morgan fingerprint density at radius 1 is 0.974 bits per heavy atom. The van der Waals surface area contributed by atoms with Gasteiger partial charge in [0, 0.05) is 19.4 Å². The first-order valence-electron chi connectivity index (χ1n) is 13.2. The van der Waals surface area contributed by atoms with Crippen molar-refractivity contribution in [2.75, 3.05) is 6.54 Å². The molecule has 0 bridgehead atoms. The predicted octanol–water partition coefficient (Wildman–Crippen LogP) is 2.18. The molecule has 1 aromatic carbocycles. The van der Waals surface area contributed by atoms with E-state index < -0.39 is 65.7 Å². The van der Waals surface area contributed by atoms with Crippen LogP contribution in [0.5, 0.6) is 0 Å². The van der Waals surface area contributed by atoms with Crippen LogP contribution in [0.25, 0.3) is 0 Å². The van der Waals surface area contributed by atoms with Gasteiger partial charge >= 0.3 is 6.18 Å². The molecule has 0 saturated carbocycles. The van der Waals surface area contributed by atoms with Gasteiger partial charge in [0.15, 0.2) is 0 Å². The molecule has 3 rings (SSSR count). The molecule has 214 valence electrons. The molecule has 12 heteroatoms. The van der Waals surface area contributed by atoms with Crippen molar-refractivity contribution >= 4 is 29.4 Å². The van der Waals surface area contributed by atoms with E-state index in [0.29, 0.717) is 19.4 Å². The monoisotopic (exact) mass is 552 g/mol. The quantitative estimate of drug-likeness (QED) is 0.427. The lowest BCUT2D eigenvalue weighted by Gasteiger charge is -2.34. The second-order valence-electron chi connectivity index (χ2n) is 10.6. The Kier molecular flexibility index (Phi) is 9.73. The average molecular weight is 553 g/mol. The van der Waals surface area contributed by atoms with Crippen molar-refractivity contribution in [2.45, 2.75) is 95.1 Å². The molecule has 2 aliphatic rings. The zero-order valence-corrected chi connectivity index (χ0v) is 22.1. The highest BCUT2D eigenvalue weighted by atomic mass is 19.4. The van der Waals surface area contributed by atoms with Crippen LogP contribution in [-0.4, -0.2) is 70.7 Å². The van der Waals surface area contributed by atoms with Crippen molar-refractivity contribution in [3.63, 3.8) is 0 Å². The normalized spacial score (nSPS) is 24.1. The van der Waals surface area contributed by atoms with Gasteiger partial charge in [0.2, 0.25) is 29.4 Å². The van der Waals surface area contributed by atoms with Gasteiger partial charge in [-0.15, -0.1) is 0 Å². The second kappa shape index (κ2) is 12.6. The lowest BCUT2D eigenvalue weighted by Crippen LogP contribution is -2.64. The maximum Gasteiger partial charge on any atom is 0.449 e. The molecule has 0 spiro atoms. The molecule has 2 heterocycles. The van der Waals surface area contributed by atoms with Crippen LogP contribution in [0.2, 0.25) is 0 Å². The second-order valence-corrected chi connectivity index (χ2v) is 10.6. The Balaban J connectivity index is 1.76. The molecular formula is C27H35F3N4O5. The third-order valence-corrected chi connectivity index (χ3v) is 7.07. The summed E-state index contributed by atoms with van der Waals surface area (Å²) in [5.41, 5.74) is -0.611. The number of hydrogen-bond acceptors (Lipinski definition) is 5. The number of carbonyl (C=O) groups excluding carboxylic acids is 5. The summed E-state index contributed by atoms with van der Waals surface area (Å²) >= 11 is 0. The smallest absolute Gasteiger partial charge is 0.343 e. The molecule has 3 N–H and O–H groups in total. The number of benzene rings is 1. The van der Waals surface area contributed by atoms with E-state index in [2.05, 4.69) is 16.0 Å². The average Bonchev–Trinajstić information content (AvgIpc) is 3.36. The Bertz CT molecular complexity index is 1080. The van der Waals surface area contributed by atoms with E-state index >= 15 is 0 Å². The van der Waals surface area contributed by atoms with Gasteiger partial charge in [-0.3, -0.25) is 24.0 Å². The number of fused-ring (bicyclic) bond motifs is 1. The first kappa shape index (κ1) is 30.1. The fraction of sp³-hybridized carbons (Fsp3) is 0.593. The number of ketones is 1. The van der Waals surface area contributed by atoms with Crippen LogP contribution in [0.3, 0.4) is 0 Å². The van der Waals surface area contributed by atoms with Crippen molar-refractivity contribution in [3.8, 4) is 0 Å². The fourth-order valence-electron chi connectivity index (χ4n) is 4.83. The van der Waals surface area contributed by atoms with Gasteiger partial charge in [0.25, 0.3) is 0 Å². The van der Waals surface area contributed by atoms with Crippen molar-refractivity contribution in [2.24, 2.45) is 0 Å². The minimum atomic E-state index is -4.88. The first-order valence-corrected chi connectivity index (χ1v) is 13.2. The Labute approximate surface area is 225 Å². The van der Waals surface area contributed by atoms with Gasteiger partial charge in [-0.25, -0.2) is 0 Å². The van der Waals surface area contributed by atoms with Gasteiger partial charge in [-0.05, 0) is 45.1 Å². The van der Waals surface area contributed by atoms with Gasteiger partial charge in [-0.1, -0.05) is 43.2 Å². The van der Waals surface area contributed by atoms with E-state index in [-0.39, 0.29) is 32.1 Å². The van der Waals surface area contributed by atoms with Gasteiger partial charge in [0.1, 0.15) is 23.7 Å². The summed E-state index contributed by atoms with van der Waals surface area (Å²) in [5.74, 6) is -3.89. The molecule has 2 aliphatic heterocycles. The van der Waals surface area contributed by atoms with E-state index in [1.54, 1.807) is 0 Å². The van der Waals surface area contributed by atoms with Gasteiger partial charge < -0.3 is 20.9 Å². The number of hydrogen-bond donors (Lipinski definition) is 3. The highest BCUT2D eigenvalue weighted by Gasteiger charge is 2.42. The van der Waals surface area contributed by atoms with Crippen LogP contribution >= 0.6 is 0 Å². The molecular weight excluding hydrogens is 517 g/mol. The maximum atomic E-state index is 13.6. The maximum absolute atomic E-state index is 13.6. The van der Waals surface area contributed by atoms with E-state index in [4.69, 9.17) is 0 Å². The molecule has 1 aromatic rings. The van der Waals surface area contributed by atoms with Crippen molar-refractivity contribution in [3.05, 3.63) is 35.9 Å². The summed E-state index contributed by atoms with van der Waals surface area (Å²) in [6.07, 6.45) is -3.77. The summed E-state index contributed by atoms with van der Waals surface area (Å²) in [5, 5.41) is 8.10. The zero-order valence-electron chi connectivity index (χ0n) is 22.1. The van der Waals surface area contributed by atoms with Crippen LogP contribution in [0.4, 0.5) is 13.2 Å². The molecule has 2 saturated heterocycles. The largest absolute Gasteiger partial charge is 0.449 e. The number of halogens is 3. The lowest BCUT2D eigenvalue weighted by atomic mass is 9.98. The summed E-state index contributed by atoms with van der Waals surface area (Å²) < 4.78 is 37.3. The number of rotatable bonds is 8. The minimum absolute atomic E-state index is 0.0117. The summed E-state index contributed by atoms with van der Waals surface area (Å²) in [6.45, 7) is 3.29. The van der Waals surface area contributed by atoms with Gasteiger partial charge in [0.05, 0.1) is 0 Å². The fourth-order valence-corrected chi connectivity index (χ4v) is 4.83. The number of unbranched alkanes of at least 4 members (excludes halogenated alkanes) is 2. The highest BCUT2D eigenvalue weighted by Crippen LogP contribution is 2.22. The topological polar surface area (TPSA) is 125 Å². The molecule has 0 unspecified atom stereocenters. The first-order chi connectivity index (χ1) is 18.3. The molecule has 2 fully saturated rings. The van der Waals surface area contributed by atoms with Crippen LogP contribution in [0.15, 0.2) is 30.3 Å². The molecule has 0 aromatic heterocycles. The van der Waals surface area contributed by atoms with Crippen LogP contribution in [0, 0.1) is 0 Å². The van der Waals surface area contributed by atoms with E-state index in [0.717, 1.165) is 5.56 Å². The van der Waals surface area contributed by atoms with Crippen LogP contribution < -0.4 is 16.0 Å². The van der Waals surface area contributed by atoms with E-state index in [1.165, 1.54) is 18.7 Å². The van der Waals surface area contributed by atoms with E-state index in [9.17, 15) is 37.1 Å². The molecule has 3 atom stereocenters. The number of Topliss-reactive ketones (excluding diaryl/α,β-unsaturated/α-hetero) is 1.